The van der Waals surface area contributed by atoms with Gasteiger partial charge in [-0.3, -0.25) is 43.3 Å². The molecule has 22 heteroatoms. The molecule has 2 aliphatic rings. The zero-order valence-electron chi connectivity index (χ0n) is 38.0. The Bertz CT molecular complexity index is 1810. The van der Waals surface area contributed by atoms with Crippen molar-refractivity contribution in [2.45, 2.75) is 139 Å². The number of carbonyl (C=O) groups excluding carboxylic acids is 8. The number of hydrogen-bond donors (Lipinski definition) is 11. The van der Waals surface area contributed by atoms with Crippen molar-refractivity contribution in [3.05, 3.63) is 35.9 Å². The quantitative estimate of drug-likeness (QED) is 0.0425. The van der Waals surface area contributed by atoms with E-state index in [9.17, 15) is 38.4 Å². The molecule has 362 valence electrons. The first-order valence-corrected chi connectivity index (χ1v) is 24.6. The number of carbonyl (C=O) groups is 8. The molecule has 0 bridgehead atoms. The Morgan fingerprint density at radius 2 is 1.43 bits per heavy atom. The highest BCUT2D eigenvalue weighted by molar-refractivity contribution is 8.77. The predicted octanol–water partition coefficient (Wildman–Crippen LogP) is -0.668. The van der Waals surface area contributed by atoms with Crippen molar-refractivity contribution in [1.82, 2.24) is 37.2 Å². The SMILES string of the molecule is CC(C)C[C@H]1NC(=O)CC2(CCCCC2)SSC[C@H](C(=O)NCCNC(=O)C(N)CCCN=C(N)N)NC(=O)[C@@H](CC(N)=O)NC(=O)[C@H](C(C)C)NC(=O)[C@@H](Cc2ccccc2)NC1=O. The lowest BCUT2D eigenvalue weighted by Crippen LogP contribution is -2.61. The average Bonchev–Trinajstić information content (AvgIpc) is 3.24. The van der Waals surface area contributed by atoms with Crippen LogP contribution in [-0.4, -0.2) is 120 Å². The fourth-order valence-electron chi connectivity index (χ4n) is 7.48. The summed E-state index contributed by atoms with van der Waals surface area (Å²) in [4.78, 5) is 113. The molecule has 1 saturated heterocycles. The molecule has 1 aliphatic carbocycles. The van der Waals surface area contributed by atoms with Crippen LogP contribution in [0, 0.1) is 11.8 Å². The van der Waals surface area contributed by atoms with Gasteiger partial charge < -0.3 is 60.2 Å². The van der Waals surface area contributed by atoms with Crippen LogP contribution in [-0.2, 0) is 44.8 Å². The summed E-state index contributed by atoms with van der Waals surface area (Å²) in [5.74, 6) is -5.89. The van der Waals surface area contributed by atoms with Gasteiger partial charge in [0.15, 0.2) is 5.96 Å². The van der Waals surface area contributed by atoms with Crippen LogP contribution in [0.2, 0.25) is 0 Å². The predicted molar refractivity (Wildman–Crippen MR) is 252 cm³/mol. The van der Waals surface area contributed by atoms with Crippen molar-refractivity contribution in [3.8, 4) is 0 Å². The molecule has 0 radical (unpaired) electrons. The standard InChI is InChI=1S/C43H70N12O8S2/c1-25(2)20-29-38(60)52-30(21-27-12-7-5-8-13-27)40(62)55-35(26(3)4)41(63)53-31(22-33(45)56)39(61)54-32(24-64-65-43(23-34(57)51-29)15-9-6-10-16-43)37(59)49-19-18-48-36(58)28(44)14-11-17-50-42(46)47/h5,7-8,12-13,25-26,28-32,35H,6,9-11,14-24,44H2,1-4H3,(H2,45,56)(H,48,58)(H,49,59)(H,51,57)(H,52,60)(H,53,63)(H,54,61)(H,55,62)(H4,46,47,50)/t28?,29-,30-,31-,32-,35+/m1/s1. The third-order valence-electron chi connectivity index (χ3n) is 10.9. The highest BCUT2D eigenvalue weighted by atomic mass is 33.1. The van der Waals surface area contributed by atoms with Crippen molar-refractivity contribution in [1.29, 1.82) is 0 Å². The van der Waals surface area contributed by atoms with E-state index in [1.807, 2.05) is 19.9 Å². The van der Waals surface area contributed by atoms with E-state index in [4.69, 9.17) is 22.9 Å². The van der Waals surface area contributed by atoms with Gasteiger partial charge in [0.05, 0.1) is 12.5 Å². The topological polar surface area (TPSA) is 337 Å². The number of nitrogens with two attached hydrogens (primary N) is 4. The lowest BCUT2D eigenvalue weighted by atomic mass is 9.85. The largest absolute Gasteiger partial charge is 0.370 e. The molecule has 2 fully saturated rings. The summed E-state index contributed by atoms with van der Waals surface area (Å²) in [6.07, 6.45) is 4.62. The fourth-order valence-corrected chi connectivity index (χ4v) is 10.9. The minimum atomic E-state index is -1.55. The summed E-state index contributed by atoms with van der Waals surface area (Å²) in [6, 6.07) is 1.98. The van der Waals surface area contributed by atoms with E-state index < -0.39 is 94.7 Å². The second-order valence-electron chi connectivity index (χ2n) is 17.4. The number of rotatable bonds is 16. The molecule has 0 aromatic heterocycles. The molecule has 20 nitrogen and oxygen atoms in total. The van der Waals surface area contributed by atoms with Gasteiger partial charge >= 0.3 is 0 Å². The van der Waals surface area contributed by atoms with Crippen LogP contribution in [0.25, 0.3) is 0 Å². The Hall–Kier alpha value is -5.09. The van der Waals surface area contributed by atoms with Crippen LogP contribution in [0.4, 0.5) is 0 Å². The van der Waals surface area contributed by atoms with Gasteiger partial charge in [-0.05, 0) is 49.5 Å². The van der Waals surface area contributed by atoms with Crippen molar-refractivity contribution < 1.29 is 38.4 Å². The maximum absolute atomic E-state index is 14.2. The van der Waals surface area contributed by atoms with Gasteiger partial charge in [-0.25, -0.2) is 0 Å². The summed E-state index contributed by atoms with van der Waals surface area (Å²) in [6.45, 7) is 7.48. The number of nitrogens with one attached hydrogen (secondary N) is 7. The fraction of sp³-hybridized carbons (Fsp3) is 0.651. The number of aliphatic imine (C=N–C) groups is 1. The monoisotopic (exact) mass is 946 g/mol. The second kappa shape index (κ2) is 27.4. The summed E-state index contributed by atoms with van der Waals surface area (Å²) < 4.78 is -0.575. The molecule has 1 aliphatic heterocycles. The van der Waals surface area contributed by atoms with Gasteiger partial charge in [0.2, 0.25) is 47.3 Å². The third kappa shape index (κ3) is 19.5. The van der Waals surface area contributed by atoms with Crippen LogP contribution < -0.4 is 60.2 Å². The Morgan fingerprint density at radius 3 is 2.06 bits per heavy atom. The zero-order valence-corrected chi connectivity index (χ0v) is 39.6. The second-order valence-corrected chi connectivity index (χ2v) is 20.3. The molecular weight excluding hydrogens is 877 g/mol. The Labute approximate surface area is 389 Å². The first-order chi connectivity index (χ1) is 30.8. The van der Waals surface area contributed by atoms with Crippen molar-refractivity contribution in [2.24, 2.45) is 39.8 Å². The molecule has 1 saturated carbocycles. The van der Waals surface area contributed by atoms with Gasteiger partial charge in [0, 0.05) is 43.0 Å². The van der Waals surface area contributed by atoms with Crippen molar-refractivity contribution >= 4 is 74.8 Å². The third-order valence-corrected chi connectivity index (χ3v) is 14.3. The van der Waals surface area contributed by atoms with E-state index >= 15 is 0 Å². The van der Waals surface area contributed by atoms with E-state index in [1.54, 1.807) is 38.1 Å². The number of hydrogen-bond acceptors (Lipinski definition) is 12. The minimum absolute atomic E-state index is 0.00172. The molecule has 1 unspecified atom stereocenters. The van der Waals surface area contributed by atoms with Gasteiger partial charge in [0.1, 0.15) is 30.2 Å². The Morgan fingerprint density at radius 1 is 0.800 bits per heavy atom. The average molecular weight is 947 g/mol. The van der Waals surface area contributed by atoms with E-state index in [0.717, 1.165) is 24.8 Å². The Kier molecular flexibility index (Phi) is 22.9. The smallest absolute Gasteiger partial charge is 0.243 e. The van der Waals surface area contributed by atoms with E-state index in [2.05, 4.69) is 42.2 Å². The highest BCUT2D eigenvalue weighted by Gasteiger charge is 2.39. The molecule has 1 aromatic rings. The molecule has 8 amide bonds. The molecule has 1 aromatic carbocycles. The normalized spacial score (nSPS) is 23.2. The van der Waals surface area contributed by atoms with Gasteiger partial charge in [-0.1, -0.05) is 98.9 Å². The lowest BCUT2D eigenvalue weighted by Gasteiger charge is -2.36. The molecule has 1 spiro atoms. The summed E-state index contributed by atoms with van der Waals surface area (Å²) in [7, 11) is 2.72. The summed E-state index contributed by atoms with van der Waals surface area (Å²) >= 11 is 0. The van der Waals surface area contributed by atoms with Crippen LogP contribution in [0.3, 0.4) is 0 Å². The van der Waals surface area contributed by atoms with Gasteiger partial charge in [-0.2, -0.15) is 0 Å². The number of guanidine groups is 1. The van der Waals surface area contributed by atoms with Crippen molar-refractivity contribution in [3.63, 3.8) is 0 Å². The molecular formula is C43H70N12O8S2. The number of nitrogens with zero attached hydrogens (tertiary/aromatic N) is 1. The number of amides is 8. The first-order valence-electron chi connectivity index (χ1n) is 22.3. The van der Waals surface area contributed by atoms with E-state index in [0.29, 0.717) is 32.2 Å². The number of primary amides is 1. The summed E-state index contributed by atoms with van der Waals surface area (Å²) in [5, 5.41) is 19.2. The summed E-state index contributed by atoms with van der Waals surface area (Å²) in [5.41, 5.74) is 22.9. The van der Waals surface area contributed by atoms with Gasteiger partial charge in [-0.15, -0.1) is 0 Å². The number of benzene rings is 1. The van der Waals surface area contributed by atoms with Crippen LogP contribution in [0.5, 0.6) is 0 Å². The minimum Gasteiger partial charge on any atom is -0.370 e. The molecule has 1 heterocycles. The molecule has 15 N–H and O–H groups in total. The molecule has 3 rings (SSSR count). The highest BCUT2D eigenvalue weighted by Crippen LogP contribution is 2.48. The Balaban J connectivity index is 1.95. The lowest BCUT2D eigenvalue weighted by molar-refractivity contribution is -0.136. The van der Waals surface area contributed by atoms with E-state index in [-0.39, 0.29) is 55.9 Å². The zero-order chi connectivity index (χ0) is 48.1. The van der Waals surface area contributed by atoms with Crippen LogP contribution >= 0.6 is 21.6 Å². The van der Waals surface area contributed by atoms with Crippen molar-refractivity contribution in [2.75, 3.05) is 25.4 Å². The van der Waals surface area contributed by atoms with Crippen LogP contribution in [0.15, 0.2) is 35.3 Å². The molecule has 65 heavy (non-hydrogen) atoms. The molecule has 6 atom stereocenters. The van der Waals surface area contributed by atoms with Gasteiger partial charge in [0.25, 0.3) is 0 Å². The van der Waals surface area contributed by atoms with E-state index in [1.165, 1.54) is 21.6 Å². The van der Waals surface area contributed by atoms with Crippen LogP contribution in [0.1, 0.15) is 97.5 Å². The first kappa shape index (κ1) is 54.2. The maximum Gasteiger partial charge on any atom is 0.243 e. The maximum atomic E-state index is 14.2.